The van der Waals surface area contributed by atoms with Crippen LogP contribution in [0.15, 0.2) is 0 Å². The summed E-state index contributed by atoms with van der Waals surface area (Å²) in [4.78, 5) is 1.80. The van der Waals surface area contributed by atoms with Gasteiger partial charge in [0.25, 0.3) is 0 Å². The summed E-state index contributed by atoms with van der Waals surface area (Å²) in [5, 5.41) is 9.40. The molecule has 0 aliphatic carbocycles. The third kappa shape index (κ3) is 3.71. The molecule has 0 fully saturated rings. The van der Waals surface area contributed by atoms with Gasteiger partial charge in [0, 0.05) is 11.7 Å². The van der Waals surface area contributed by atoms with Crippen LogP contribution < -0.4 is 0 Å². The number of hydrogen-bond donors (Lipinski definition) is 2. The SMILES string of the molecule is CC(CSS)C(O)N(C)C. The van der Waals surface area contributed by atoms with Crippen molar-refractivity contribution in [3.05, 3.63) is 0 Å². The lowest BCUT2D eigenvalue weighted by molar-refractivity contribution is 0.00412. The highest BCUT2D eigenvalue weighted by Gasteiger charge is 2.14. The van der Waals surface area contributed by atoms with Crippen LogP contribution in [0.2, 0.25) is 0 Å². The Hall–Kier alpha value is 0.620. The molecule has 0 aliphatic heterocycles. The van der Waals surface area contributed by atoms with E-state index in [0.29, 0.717) is 0 Å². The van der Waals surface area contributed by atoms with Crippen molar-refractivity contribution >= 4 is 22.5 Å². The van der Waals surface area contributed by atoms with Gasteiger partial charge in [-0.05, 0) is 14.1 Å². The van der Waals surface area contributed by atoms with Crippen molar-refractivity contribution in [3.8, 4) is 0 Å². The molecule has 1 N–H and O–H groups in total. The fraction of sp³-hybridized carbons (Fsp3) is 1.00. The Morgan fingerprint density at radius 3 is 2.40 bits per heavy atom. The molecule has 0 amide bonds. The maximum Gasteiger partial charge on any atom is 0.110 e. The van der Waals surface area contributed by atoms with Crippen LogP contribution in [0.4, 0.5) is 0 Å². The molecule has 2 atom stereocenters. The second-order valence-corrected chi connectivity index (χ2v) is 4.02. The van der Waals surface area contributed by atoms with Crippen LogP contribution in [0.5, 0.6) is 0 Å². The highest BCUT2D eigenvalue weighted by Crippen LogP contribution is 2.15. The fourth-order valence-electron chi connectivity index (χ4n) is 0.713. The second kappa shape index (κ2) is 5.29. The largest absolute Gasteiger partial charge is 0.378 e. The Kier molecular flexibility index (Phi) is 5.62. The topological polar surface area (TPSA) is 23.5 Å². The van der Waals surface area contributed by atoms with E-state index < -0.39 is 0 Å². The van der Waals surface area contributed by atoms with Gasteiger partial charge in [0.05, 0.1) is 0 Å². The van der Waals surface area contributed by atoms with Crippen molar-refractivity contribution < 1.29 is 5.11 Å². The molecular weight excluding hydrogens is 166 g/mol. The number of thiol groups is 1. The minimum atomic E-state index is -0.348. The van der Waals surface area contributed by atoms with Crippen molar-refractivity contribution in [1.82, 2.24) is 4.90 Å². The van der Waals surface area contributed by atoms with Gasteiger partial charge < -0.3 is 5.11 Å². The van der Waals surface area contributed by atoms with Crippen LogP contribution in [-0.4, -0.2) is 36.1 Å². The van der Waals surface area contributed by atoms with E-state index in [0.717, 1.165) is 5.75 Å². The molecule has 0 rings (SSSR count). The summed E-state index contributed by atoms with van der Waals surface area (Å²) < 4.78 is 0. The first-order chi connectivity index (χ1) is 4.59. The average molecular weight is 181 g/mol. The van der Waals surface area contributed by atoms with Crippen molar-refractivity contribution in [2.75, 3.05) is 19.8 Å². The Morgan fingerprint density at radius 1 is 1.60 bits per heavy atom. The zero-order chi connectivity index (χ0) is 8.15. The molecule has 0 radical (unpaired) electrons. The minimum absolute atomic E-state index is 0.275. The lowest BCUT2D eigenvalue weighted by Gasteiger charge is -2.23. The van der Waals surface area contributed by atoms with Gasteiger partial charge in [-0.15, -0.1) is 11.7 Å². The zero-order valence-electron chi connectivity index (χ0n) is 6.61. The van der Waals surface area contributed by atoms with Crippen molar-refractivity contribution in [3.63, 3.8) is 0 Å². The van der Waals surface area contributed by atoms with Gasteiger partial charge >= 0.3 is 0 Å². The molecule has 62 valence electrons. The highest BCUT2D eigenvalue weighted by atomic mass is 33.1. The number of aliphatic hydroxyl groups is 1. The summed E-state index contributed by atoms with van der Waals surface area (Å²) in [7, 11) is 5.19. The van der Waals surface area contributed by atoms with Crippen LogP contribution in [0, 0.1) is 5.92 Å². The second-order valence-electron chi connectivity index (χ2n) is 2.65. The molecule has 10 heavy (non-hydrogen) atoms. The minimum Gasteiger partial charge on any atom is -0.378 e. The van der Waals surface area contributed by atoms with Gasteiger partial charge in [-0.25, -0.2) is 0 Å². The zero-order valence-corrected chi connectivity index (χ0v) is 8.32. The van der Waals surface area contributed by atoms with Crippen molar-refractivity contribution in [2.24, 2.45) is 5.92 Å². The van der Waals surface area contributed by atoms with Gasteiger partial charge in [-0.3, -0.25) is 4.90 Å². The van der Waals surface area contributed by atoms with E-state index in [9.17, 15) is 5.11 Å². The average Bonchev–Trinajstić information content (AvgIpc) is 1.87. The molecule has 0 aliphatic rings. The lowest BCUT2D eigenvalue weighted by Crippen LogP contribution is -2.34. The lowest BCUT2D eigenvalue weighted by atomic mass is 10.2. The van der Waals surface area contributed by atoms with E-state index in [1.807, 2.05) is 21.0 Å². The third-order valence-corrected chi connectivity index (χ3v) is 2.50. The first-order valence-electron chi connectivity index (χ1n) is 3.20. The molecule has 0 heterocycles. The maximum atomic E-state index is 9.40. The molecular formula is C6H15NOS2. The molecule has 0 aromatic rings. The van der Waals surface area contributed by atoms with E-state index >= 15 is 0 Å². The standard InChI is InChI=1S/C6H15NOS2/c1-5(4-10-9)6(8)7(2)3/h5-6,8-9H,4H2,1-3H3. The van der Waals surface area contributed by atoms with E-state index in [2.05, 4.69) is 11.7 Å². The summed E-state index contributed by atoms with van der Waals surface area (Å²) in [5.74, 6) is 1.15. The summed E-state index contributed by atoms with van der Waals surface area (Å²) in [5.41, 5.74) is 0. The number of nitrogens with zero attached hydrogens (tertiary/aromatic N) is 1. The maximum absolute atomic E-state index is 9.40. The van der Waals surface area contributed by atoms with Crippen LogP contribution in [0.3, 0.4) is 0 Å². The first-order valence-corrected chi connectivity index (χ1v) is 5.24. The Morgan fingerprint density at radius 2 is 2.10 bits per heavy atom. The molecule has 2 nitrogen and oxygen atoms in total. The van der Waals surface area contributed by atoms with Crippen LogP contribution in [0.1, 0.15) is 6.92 Å². The first kappa shape index (κ1) is 10.6. The summed E-state index contributed by atoms with van der Waals surface area (Å²) in [6.07, 6.45) is -0.348. The summed E-state index contributed by atoms with van der Waals surface area (Å²) in [6.45, 7) is 2.01. The Labute approximate surface area is 71.8 Å². The van der Waals surface area contributed by atoms with Crippen molar-refractivity contribution in [1.29, 1.82) is 0 Å². The molecule has 0 spiro atoms. The molecule has 0 aromatic heterocycles. The van der Waals surface area contributed by atoms with Crippen molar-refractivity contribution in [2.45, 2.75) is 13.2 Å². The number of rotatable bonds is 4. The van der Waals surface area contributed by atoms with Gasteiger partial charge in [-0.2, -0.15) is 0 Å². The molecule has 0 saturated heterocycles. The van der Waals surface area contributed by atoms with Gasteiger partial charge in [0.15, 0.2) is 0 Å². The highest BCUT2D eigenvalue weighted by molar-refractivity contribution is 8.68. The smallest absolute Gasteiger partial charge is 0.110 e. The van der Waals surface area contributed by atoms with Gasteiger partial charge in [0.1, 0.15) is 6.23 Å². The van der Waals surface area contributed by atoms with Crippen LogP contribution in [0.25, 0.3) is 0 Å². The number of aliphatic hydroxyl groups excluding tert-OH is 1. The van der Waals surface area contributed by atoms with Gasteiger partial charge in [-0.1, -0.05) is 17.7 Å². The van der Waals surface area contributed by atoms with Crippen LogP contribution in [-0.2, 0) is 0 Å². The summed E-state index contributed by atoms with van der Waals surface area (Å²) in [6, 6.07) is 0. The predicted molar refractivity (Wildman–Crippen MR) is 50.3 cm³/mol. The van der Waals surface area contributed by atoms with E-state index in [1.54, 1.807) is 4.90 Å². The predicted octanol–water partition coefficient (Wildman–Crippen LogP) is 1.08. The Balaban J connectivity index is 3.58. The molecule has 0 aromatic carbocycles. The quantitative estimate of drug-likeness (QED) is 0.385. The van der Waals surface area contributed by atoms with E-state index in [1.165, 1.54) is 10.8 Å². The molecule has 0 bridgehead atoms. The third-order valence-electron chi connectivity index (χ3n) is 1.38. The normalized spacial score (nSPS) is 17.4. The molecule has 4 heteroatoms. The monoisotopic (exact) mass is 181 g/mol. The summed E-state index contributed by atoms with van der Waals surface area (Å²) >= 11 is 4.01. The molecule has 0 saturated carbocycles. The number of hydrogen-bond acceptors (Lipinski definition) is 4. The fourth-order valence-corrected chi connectivity index (χ4v) is 1.83. The van der Waals surface area contributed by atoms with E-state index in [4.69, 9.17) is 0 Å². The van der Waals surface area contributed by atoms with Crippen LogP contribution >= 0.6 is 22.5 Å². The van der Waals surface area contributed by atoms with Gasteiger partial charge in [0.2, 0.25) is 0 Å². The Bertz CT molecular complexity index is 89.8. The van der Waals surface area contributed by atoms with E-state index in [-0.39, 0.29) is 12.1 Å². The molecule has 2 unspecified atom stereocenters.